The van der Waals surface area contributed by atoms with Crippen LogP contribution in [0.3, 0.4) is 0 Å². The molecule has 0 radical (unpaired) electrons. The Balaban J connectivity index is 1.97. The van der Waals surface area contributed by atoms with Gasteiger partial charge in [0.25, 0.3) is 0 Å². The largest absolute Gasteiger partial charge is 0.396 e. The number of fused-ring (bicyclic) bond motifs is 1. The molecular weight excluding hydrogens is 428 g/mol. The Morgan fingerprint density at radius 1 is 1.21 bits per heavy atom. The first-order chi connectivity index (χ1) is 15.6. The fourth-order valence-electron chi connectivity index (χ4n) is 6.59. The van der Waals surface area contributed by atoms with Gasteiger partial charge in [-0.2, -0.15) is 0 Å². The predicted octanol–water partition coefficient (Wildman–Crippen LogP) is 1.09. The molecular formula is C25H40O8. The van der Waals surface area contributed by atoms with Crippen LogP contribution in [0.15, 0.2) is 23.3 Å². The molecule has 8 nitrogen and oxygen atoms in total. The molecule has 9 unspecified atom stereocenters. The van der Waals surface area contributed by atoms with Gasteiger partial charge < -0.3 is 35.0 Å². The lowest BCUT2D eigenvalue weighted by molar-refractivity contribution is -0.294. The molecule has 2 aliphatic carbocycles. The molecule has 3 aliphatic rings. The topological polar surface area (TPSA) is 137 Å². The third-order valence-corrected chi connectivity index (χ3v) is 8.34. The van der Waals surface area contributed by atoms with E-state index >= 15 is 0 Å². The van der Waals surface area contributed by atoms with Crippen molar-refractivity contribution in [3.63, 3.8) is 0 Å². The van der Waals surface area contributed by atoms with Crippen LogP contribution in [0.5, 0.6) is 0 Å². The molecule has 3 rings (SSSR count). The zero-order chi connectivity index (χ0) is 24.4. The SMILES string of the molecule is CC(=CC=O)CCC1C(CO)=CC(OC2OCC(O)C(O)C2O)C2C(C)(CO)CCCC12C. The maximum Gasteiger partial charge on any atom is 0.186 e. The van der Waals surface area contributed by atoms with Crippen LogP contribution in [0.25, 0.3) is 0 Å². The lowest BCUT2D eigenvalue weighted by Crippen LogP contribution is -2.60. The first kappa shape index (κ1) is 26.5. The van der Waals surface area contributed by atoms with E-state index in [0.29, 0.717) is 0 Å². The molecule has 33 heavy (non-hydrogen) atoms. The van der Waals surface area contributed by atoms with Crippen molar-refractivity contribution in [2.24, 2.45) is 22.7 Å². The monoisotopic (exact) mass is 468 g/mol. The second-order valence-electron chi connectivity index (χ2n) is 10.6. The van der Waals surface area contributed by atoms with E-state index < -0.39 is 36.1 Å². The van der Waals surface area contributed by atoms with Crippen molar-refractivity contribution in [3.05, 3.63) is 23.3 Å². The summed E-state index contributed by atoms with van der Waals surface area (Å²) in [6, 6.07) is 0. The Hall–Kier alpha value is -1.13. The summed E-state index contributed by atoms with van der Waals surface area (Å²) in [7, 11) is 0. The summed E-state index contributed by atoms with van der Waals surface area (Å²) in [4.78, 5) is 10.9. The van der Waals surface area contributed by atoms with Crippen molar-refractivity contribution in [3.8, 4) is 0 Å². The maximum absolute atomic E-state index is 10.9. The normalized spacial score (nSPS) is 44.2. The highest BCUT2D eigenvalue weighted by atomic mass is 16.7. The van der Waals surface area contributed by atoms with Gasteiger partial charge in [-0.25, -0.2) is 0 Å². The molecule has 1 saturated carbocycles. The van der Waals surface area contributed by atoms with Crippen LogP contribution in [0.2, 0.25) is 0 Å². The number of allylic oxidation sites excluding steroid dienone is 2. The van der Waals surface area contributed by atoms with Gasteiger partial charge in [0.05, 0.1) is 19.3 Å². The van der Waals surface area contributed by atoms with Crippen LogP contribution in [0.1, 0.15) is 52.9 Å². The molecule has 1 heterocycles. The molecule has 8 heteroatoms. The Labute approximate surface area is 195 Å². The van der Waals surface area contributed by atoms with Crippen molar-refractivity contribution >= 4 is 6.29 Å². The van der Waals surface area contributed by atoms with E-state index in [1.165, 1.54) is 0 Å². The van der Waals surface area contributed by atoms with Crippen LogP contribution in [-0.2, 0) is 14.3 Å². The molecule has 1 saturated heterocycles. The van der Waals surface area contributed by atoms with Crippen LogP contribution in [0, 0.1) is 22.7 Å². The Morgan fingerprint density at radius 2 is 1.94 bits per heavy atom. The highest BCUT2D eigenvalue weighted by molar-refractivity contribution is 5.65. The predicted molar refractivity (Wildman–Crippen MR) is 121 cm³/mol. The van der Waals surface area contributed by atoms with E-state index in [0.717, 1.165) is 49.5 Å². The number of aldehydes is 1. The van der Waals surface area contributed by atoms with Crippen LogP contribution in [-0.4, -0.2) is 82.3 Å². The van der Waals surface area contributed by atoms with Crippen molar-refractivity contribution in [1.82, 2.24) is 0 Å². The number of rotatable bonds is 8. The standard InChI is InChI=1S/C25H40O8/c1-15(7-10-26)5-6-17-16(12-27)11-19(33-23-21(31)20(30)18(29)13-32-23)22-24(2,14-28)8-4-9-25(17,22)3/h7,10-11,17-23,27-31H,4-6,8-9,12-14H2,1-3H3. The summed E-state index contributed by atoms with van der Waals surface area (Å²) >= 11 is 0. The van der Waals surface area contributed by atoms with Crippen LogP contribution in [0.4, 0.5) is 0 Å². The fourth-order valence-corrected chi connectivity index (χ4v) is 6.59. The molecule has 0 aromatic heterocycles. The van der Waals surface area contributed by atoms with Gasteiger partial charge in [0.2, 0.25) is 0 Å². The number of carbonyl (C=O) groups excluding carboxylic acids is 1. The minimum atomic E-state index is -1.41. The highest BCUT2D eigenvalue weighted by Crippen LogP contribution is 2.61. The second kappa shape index (κ2) is 10.6. The van der Waals surface area contributed by atoms with Crippen molar-refractivity contribution in [1.29, 1.82) is 0 Å². The third-order valence-electron chi connectivity index (χ3n) is 8.34. The van der Waals surface area contributed by atoms with Gasteiger partial charge in [-0.3, -0.25) is 4.79 Å². The van der Waals surface area contributed by atoms with Gasteiger partial charge in [0, 0.05) is 12.5 Å². The lowest BCUT2D eigenvalue weighted by Gasteiger charge is -2.60. The van der Waals surface area contributed by atoms with Crippen LogP contribution < -0.4 is 0 Å². The molecule has 0 aromatic carbocycles. The number of hydrogen-bond acceptors (Lipinski definition) is 8. The molecule has 0 spiro atoms. The summed E-state index contributed by atoms with van der Waals surface area (Å²) in [6.45, 7) is 5.83. The molecule has 0 aromatic rings. The summed E-state index contributed by atoms with van der Waals surface area (Å²) in [5, 5.41) is 51.0. The highest BCUT2D eigenvalue weighted by Gasteiger charge is 2.58. The maximum atomic E-state index is 10.9. The summed E-state index contributed by atoms with van der Waals surface area (Å²) in [5.41, 5.74) is 1.07. The zero-order valence-corrected chi connectivity index (χ0v) is 19.9. The third kappa shape index (κ3) is 5.12. The average Bonchev–Trinajstić information content (AvgIpc) is 2.78. The number of aliphatic hydroxyl groups excluding tert-OH is 5. The van der Waals surface area contributed by atoms with Gasteiger partial charge in [0.15, 0.2) is 6.29 Å². The van der Waals surface area contributed by atoms with E-state index in [4.69, 9.17) is 9.47 Å². The first-order valence-corrected chi connectivity index (χ1v) is 12.0. The average molecular weight is 469 g/mol. The smallest absolute Gasteiger partial charge is 0.186 e. The molecule has 5 N–H and O–H groups in total. The van der Waals surface area contributed by atoms with Crippen molar-refractivity contribution in [2.45, 2.75) is 83.6 Å². The second-order valence-corrected chi connectivity index (χ2v) is 10.6. The molecule has 9 atom stereocenters. The number of ether oxygens (including phenoxy) is 2. The molecule has 0 bridgehead atoms. The lowest BCUT2D eigenvalue weighted by atomic mass is 9.47. The van der Waals surface area contributed by atoms with E-state index in [9.17, 15) is 30.3 Å². The van der Waals surface area contributed by atoms with Gasteiger partial charge in [-0.15, -0.1) is 0 Å². The number of hydrogen-bond donors (Lipinski definition) is 5. The van der Waals surface area contributed by atoms with E-state index in [1.807, 2.05) is 13.0 Å². The van der Waals surface area contributed by atoms with Gasteiger partial charge in [-0.1, -0.05) is 31.9 Å². The van der Waals surface area contributed by atoms with Crippen LogP contribution >= 0.6 is 0 Å². The van der Waals surface area contributed by atoms with E-state index in [2.05, 4.69) is 13.8 Å². The molecule has 2 fully saturated rings. The first-order valence-electron chi connectivity index (χ1n) is 12.0. The van der Waals surface area contributed by atoms with Gasteiger partial charge in [0.1, 0.15) is 24.6 Å². The van der Waals surface area contributed by atoms with Crippen molar-refractivity contribution < 1.29 is 39.8 Å². The Morgan fingerprint density at radius 3 is 2.58 bits per heavy atom. The van der Waals surface area contributed by atoms with Gasteiger partial charge in [-0.05, 0) is 61.0 Å². The Kier molecular flexibility index (Phi) is 8.54. The van der Waals surface area contributed by atoms with Gasteiger partial charge >= 0.3 is 0 Å². The van der Waals surface area contributed by atoms with E-state index in [1.54, 1.807) is 6.08 Å². The number of aliphatic hydroxyl groups is 5. The minimum absolute atomic E-state index is 0.0262. The number of carbonyl (C=O) groups is 1. The molecule has 188 valence electrons. The fraction of sp³-hybridized carbons (Fsp3) is 0.800. The van der Waals surface area contributed by atoms with E-state index in [-0.39, 0.29) is 37.1 Å². The summed E-state index contributed by atoms with van der Waals surface area (Å²) < 4.78 is 11.8. The summed E-state index contributed by atoms with van der Waals surface area (Å²) in [6.07, 6.45) is 2.70. The Bertz CT molecular complexity index is 751. The minimum Gasteiger partial charge on any atom is -0.396 e. The van der Waals surface area contributed by atoms with Crippen molar-refractivity contribution in [2.75, 3.05) is 19.8 Å². The quantitative estimate of drug-likeness (QED) is 0.203. The molecule has 0 amide bonds. The summed E-state index contributed by atoms with van der Waals surface area (Å²) in [5.74, 6) is -0.0858. The molecule has 1 aliphatic heterocycles. The zero-order valence-electron chi connectivity index (χ0n) is 19.9.